The number of aliphatic hydroxyl groups is 1. The predicted molar refractivity (Wildman–Crippen MR) is 61.5 cm³/mol. The summed E-state index contributed by atoms with van der Waals surface area (Å²) in [5, 5.41) is 8.97. The molecular formula is C12H18O4. The molecule has 0 unspecified atom stereocenters. The third-order valence-electron chi connectivity index (χ3n) is 2.25. The number of aliphatic hydroxyl groups excluding tert-OH is 1. The van der Waals surface area contributed by atoms with Crippen LogP contribution in [-0.4, -0.2) is 32.5 Å². The monoisotopic (exact) mass is 226 g/mol. The topological polar surface area (TPSA) is 47.9 Å². The fraction of sp³-hybridized carbons (Fsp3) is 0.500. The zero-order chi connectivity index (χ0) is 12.0. The molecule has 0 atom stereocenters. The van der Waals surface area contributed by atoms with E-state index in [4.69, 9.17) is 19.3 Å². The van der Waals surface area contributed by atoms with Gasteiger partial charge in [0.2, 0.25) is 5.75 Å². The van der Waals surface area contributed by atoms with Gasteiger partial charge in [-0.05, 0) is 19.4 Å². The van der Waals surface area contributed by atoms with Crippen molar-refractivity contribution in [3.8, 4) is 17.2 Å². The van der Waals surface area contributed by atoms with Crippen molar-refractivity contribution >= 4 is 0 Å². The maximum absolute atomic E-state index is 8.97. The van der Waals surface area contributed by atoms with E-state index in [9.17, 15) is 0 Å². The number of hydrogen-bond acceptors (Lipinski definition) is 4. The average Bonchev–Trinajstić information content (AvgIpc) is 2.31. The van der Waals surface area contributed by atoms with Crippen LogP contribution in [0.5, 0.6) is 17.2 Å². The zero-order valence-corrected chi connectivity index (χ0v) is 9.95. The Kier molecular flexibility index (Phi) is 4.92. The fourth-order valence-corrected chi connectivity index (χ4v) is 1.56. The summed E-state index contributed by atoms with van der Waals surface area (Å²) in [6.45, 7) is 2.53. The summed E-state index contributed by atoms with van der Waals surface area (Å²) in [6, 6.07) is 3.69. The molecule has 1 aromatic carbocycles. The molecule has 0 radical (unpaired) electrons. The van der Waals surface area contributed by atoms with Gasteiger partial charge in [0.25, 0.3) is 0 Å². The van der Waals surface area contributed by atoms with Crippen LogP contribution >= 0.6 is 0 Å². The smallest absolute Gasteiger partial charge is 0.203 e. The second-order valence-corrected chi connectivity index (χ2v) is 3.20. The van der Waals surface area contributed by atoms with E-state index < -0.39 is 0 Å². The molecule has 0 aliphatic rings. The van der Waals surface area contributed by atoms with Gasteiger partial charge >= 0.3 is 0 Å². The fourth-order valence-electron chi connectivity index (χ4n) is 1.56. The Morgan fingerprint density at radius 1 is 1.12 bits per heavy atom. The molecule has 0 spiro atoms. The summed E-state index contributed by atoms with van der Waals surface area (Å²) in [4.78, 5) is 0. The highest BCUT2D eigenvalue weighted by atomic mass is 16.5. The van der Waals surface area contributed by atoms with Crippen molar-refractivity contribution in [2.45, 2.75) is 13.3 Å². The molecule has 16 heavy (non-hydrogen) atoms. The normalized spacial score (nSPS) is 10.0. The Balaban J connectivity index is 3.20. The van der Waals surface area contributed by atoms with E-state index in [0.29, 0.717) is 30.3 Å². The van der Waals surface area contributed by atoms with Crippen LogP contribution in [0, 0.1) is 0 Å². The molecule has 1 aromatic rings. The first-order valence-electron chi connectivity index (χ1n) is 5.26. The molecule has 0 aliphatic carbocycles. The van der Waals surface area contributed by atoms with E-state index in [1.807, 2.05) is 19.1 Å². The molecule has 4 nitrogen and oxygen atoms in total. The Hall–Kier alpha value is -1.42. The third-order valence-corrected chi connectivity index (χ3v) is 2.25. The Labute approximate surface area is 95.8 Å². The van der Waals surface area contributed by atoms with Gasteiger partial charge in [-0.25, -0.2) is 0 Å². The summed E-state index contributed by atoms with van der Waals surface area (Å²) < 4.78 is 16.0. The van der Waals surface area contributed by atoms with E-state index >= 15 is 0 Å². The van der Waals surface area contributed by atoms with Crippen molar-refractivity contribution in [1.29, 1.82) is 0 Å². The number of benzene rings is 1. The van der Waals surface area contributed by atoms with Crippen LogP contribution in [0.2, 0.25) is 0 Å². The van der Waals surface area contributed by atoms with Crippen LogP contribution in [0.25, 0.3) is 0 Å². The summed E-state index contributed by atoms with van der Waals surface area (Å²) in [7, 11) is 3.16. The van der Waals surface area contributed by atoms with Crippen LogP contribution in [0.3, 0.4) is 0 Å². The van der Waals surface area contributed by atoms with Gasteiger partial charge in [-0.2, -0.15) is 0 Å². The number of hydrogen-bond donors (Lipinski definition) is 1. The lowest BCUT2D eigenvalue weighted by molar-refractivity contribution is 0.280. The second kappa shape index (κ2) is 6.23. The molecule has 1 N–H and O–H groups in total. The van der Waals surface area contributed by atoms with Gasteiger partial charge in [0.1, 0.15) is 0 Å². The van der Waals surface area contributed by atoms with E-state index in [1.54, 1.807) is 14.2 Å². The van der Waals surface area contributed by atoms with Crippen molar-refractivity contribution in [2.24, 2.45) is 0 Å². The molecule has 0 bridgehead atoms. The first-order valence-corrected chi connectivity index (χ1v) is 5.26. The Morgan fingerprint density at radius 3 is 2.38 bits per heavy atom. The Morgan fingerprint density at radius 2 is 1.88 bits per heavy atom. The van der Waals surface area contributed by atoms with Crippen molar-refractivity contribution < 1.29 is 19.3 Å². The minimum absolute atomic E-state index is 0.0789. The SMILES string of the molecule is CCOc1c(CCO)ccc(OC)c1OC. The van der Waals surface area contributed by atoms with Gasteiger partial charge in [-0.3, -0.25) is 0 Å². The molecule has 0 fully saturated rings. The number of methoxy groups -OCH3 is 2. The largest absolute Gasteiger partial charge is 0.493 e. The maximum Gasteiger partial charge on any atom is 0.203 e. The maximum atomic E-state index is 8.97. The first-order chi connectivity index (χ1) is 7.78. The van der Waals surface area contributed by atoms with Gasteiger partial charge in [-0.15, -0.1) is 0 Å². The van der Waals surface area contributed by atoms with Crippen molar-refractivity contribution in [3.05, 3.63) is 17.7 Å². The molecule has 0 heterocycles. The summed E-state index contributed by atoms with van der Waals surface area (Å²) in [5.41, 5.74) is 0.919. The highest BCUT2D eigenvalue weighted by Crippen LogP contribution is 2.40. The lowest BCUT2D eigenvalue weighted by Crippen LogP contribution is -2.03. The van der Waals surface area contributed by atoms with E-state index in [2.05, 4.69) is 0 Å². The molecule has 0 amide bonds. The molecule has 0 aromatic heterocycles. The molecule has 90 valence electrons. The molecule has 0 saturated heterocycles. The molecular weight excluding hydrogens is 208 g/mol. The minimum atomic E-state index is 0.0789. The average molecular weight is 226 g/mol. The lowest BCUT2D eigenvalue weighted by atomic mass is 10.1. The van der Waals surface area contributed by atoms with Gasteiger partial charge in [0.05, 0.1) is 20.8 Å². The van der Waals surface area contributed by atoms with Gasteiger partial charge in [0.15, 0.2) is 11.5 Å². The van der Waals surface area contributed by atoms with E-state index in [1.165, 1.54) is 0 Å². The zero-order valence-electron chi connectivity index (χ0n) is 9.95. The van der Waals surface area contributed by atoms with Crippen LogP contribution in [0.4, 0.5) is 0 Å². The summed E-state index contributed by atoms with van der Waals surface area (Å²) in [6.07, 6.45) is 0.537. The molecule has 1 rings (SSSR count). The van der Waals surface area contributed by atoms with E-state index in [0.717, 1.165) is 5.56 Å². The number of rotatable bonds is 6. The highest BCUT2D eigenvalue weighted by molar-refractivity contribution is 5.55. The number of ether oxygens (including phenoxy) is 3. The van der Waals surface area contributed by atoms with Gasteiger partial charge in [-0.1, -0.05) is 6.07 Å². The summed E-state index contributed by atoms with van der Waals surface area (Å²) >= 11 is 0. The Bertz CT molecular complexity index is 336. The third kappa shape index (κ3) is 2.58. The standard InChI is InChI=1S/C12H18O4/c1-4-16-11-9(7-8-13)5-6-10(14-2)12(11)15-3/h5-6,13H,4,7-8H2,1-3H3. The summed E-state index contributed by atoms with van der Waals surface area (Å²) in [5.74, 6) is 1.86. The second-order valence-electron chi connectivity index (χ2n) is 3.20. The quantitative estimate of drug-likeness (QED) is 0.801. The van der Waals surface area contributed by atoms with Crippen molar-refractivity contribution in [1.82, 2.24) is 0 Å². The molecule has 0 saturated carbocycles. The van der Waals surface area contributed by atoms with Gasteiger partial charge in [0, 0.05) is 12.2 Å². The van der Waals surface area contributed by atoms with Crippen LogP contribution < -0.4 is 14.2 Å². The van der Waals surface area contributed by atoms with Gasteiger partial charge < -0.3 is 19.3 Å². The minimum Gasteiger partial charge on any atom is -0.493 e. The molecule has 4 heteroatoms. The highest BCUT2D eigenvalue weighted by Gasteiger charge is 2.15. The molecule has 0 aliphatic heterocycles. The van der Waals surface area contributed by atoms with Crippen LogP contribution in [0.15, 0.2) is 12.1 Å². The van der Waals surface area contributed by atoms with Crippen LogP contribution in [-0.2, 0) is 6.42 Å². The van der Waals surface area contributed by atoms with Crippen molar-refractivity contribution in [3.63, 3.8) is 0 Å². The van der Waals surface area contributed by atoms with Crippen molar-refractivity contribution in [2.75, 3.05) is 27.4 Å². The lowest BCUT2D eigenvalue weighted by Gasteiger charge is -2.16. The van der Waals surface area contributed by atoms with E-state index in [-0.39, 0.29) is 6.61 Å². The van der Waals surface area contributed by atoms with Crippen LogP contribution in [0.1, 0.15) is 12.5 Å². The first kappa shape index (κ1) is 12.6. The predicted octanol–water partition coefficient (Wildman–Crippen LogP) is 1.64.